The number of carbonyl (C=O) groups is 2. The van der Waals surface area contributed by atoms with Crippen molar-refractivity contribution in [2.45, 2.75) is 95.9 Å². The Morgan fingerprint density at radius 1 is 1.13 bits per heavy atom. The Balaban J connectivity index is 1.48. The summed E-state index contributed by atoms with van der Waals surface area (Å²) in [5.74, 6) is -0.899. The van der Waals surface area contributed by atoms with Crippen molar-refractivity contribution in [2.75, 3.05) is 0 Å². The highest BCUT2D eigenvalue weighted by atomic mass is 19.4. The highest BCUT2D eigenvalue weighted by Gasteiger charge is 2.43. The van der Waals surface area contributed by atoms with Gasteiger partial charge in [-0.15, -0.1) is 5.10 Å². The van der Waals surface area contributed by atoms with Crippen LogP contribution in [-0.2, 0) is 22.2 Å². The van der Waals surface area contributed by atoms with Gasteiger partial charge in [-0.25, -0.2) is 0 Å². The Bertz CT molecular complexity index is 1210. The first-order valence-corrected chi connectivity index (χ1v) is 13.9. The summed E-state index contributed by atoms with van der Waals surface area (Å²) < 4.78 is 39.1. The first-order chi connectivity index (χ1) is 18.6. The molecule has 2 aliphatic carbocycles. The van der Waals surface area contributed by atoms with E-state index >= 15 is 0 Å². The number of piperidine rings is 1. The average molecular weight is 545 g/mol. The quantitative estimate of drug-likeness (QED) is 0.527. The summed E-state index contributed by atoms with van der Waals surface area (Å²) in [5.41, 5.74) is 2.61. The smallest absolute Gasteiger partial charge is 0.435 e. The maximum Gasteiger partial charge on any atom is 0.435 e. The number of halogens is 3. The SMILES string of the molecule is CCC(=O)N1C(C)CCC2C3=C(C=CC21)N([C@@H]1CCCC(C(=O)O)C1)C(Cc1ccc(C(F)(F)F)nn1)=CC3. The monoisotopic (exact) mass is 544 g/mol. The fourth-order valence-corrected chi connectivity index (χ4v) is 6.88. The summed E-state index contributed by atoms with van der Waals surface area (Å²) in [5, 5.41) is 17.0. The summed E-state index contributed by atoms with van der Waals surface area (Å²) in [6.07, 6.45) is 7.85. The van der Waals surface area contributed by atoms with Crippen LogP contribution in [-0.4, -0.2) is 55.1 Å². The predicted molar refractivity (Wildman–Crippen MR) is 138 cm³/mol. The number of carbonyl (C=O) groups excluding carboxylic acids is 1. The molecular formula is C29H35F3N4O3. The molecular weight excluding hydrogens is 509 g/mol. The maximum atomic E-state index is 13.0. The fraction of sp³-hybridized carbons (Fsp3) is 0.586. The van der Waals surface area contributed by atoms with E-state index in [0.29, 0.717) is 37.8 Å². The van der Waals surface area contributed by atoms with Crippen molar-refractivity contribution in [1.29, 1.82) is 0 Å². The van der Waals surface area contributed by atoms with Crippen molar-refractivity contribution in [3.05, 3.63) is 58.7 Å². The van der Waals surface area contributed by atoms with Gasteiger partial charge in [0.1, 0.15) is 0 Å². The number of carboxylic acids is 1. The fourth-order valence-electron chi connectivity index (χ4n) is 6.88. The highest BCUT2D eigenvalue weighted by Crippen LogP contribution is 2.46. The lowest BCUT2D eigenvalue weighted by atomic mass is 9.74. The van der Waals surface area contributed by atoms with Crippen molar-refractivity contribution < 1.29 is 27.9 Å². The molecule has 1 aromatic rings. The lowest BCUT2D eigenvalue weighted by Crippen LogP contribution is -2.54. The van der Waals surface area contributed by atoms with Crippen LogP contribution in [0.4, 0.5) is 13.2 Å². The van der Waals surface area contributed by atoms with Gasteiger partial charge in [-0.2, -0.15) is 18.3 Å². The zero-order valence-corrected chi connectivity index (χ0v) is 22.3. The molecule has 5 rings (SSSR count). The van der Waals surface area contributed by atoms with Crippen LogP contribution in [0.3, 0.4) is 0 Å². The number of hydrogen-bond acceptors (Lipinski definition) is 5. The number of carboxylic acid groups (broad SMARTS) is 1. The van der Waals surface area contributed by atoms with Gasteiger partial charge in [-0.1, -0.05) is 25.5 Å². The molecule has 1 saturated heterocycles. The first kappa shape index (κ1) is 27.4. The summed E-state index contributed by atoms with van der Waals surface area (Å²) in [6.45, 7) is 3.99. The predicted octanol–water partition coefficient (Wildman–Crippen LogP) is 5.50. The molecule has 5 atom stereocenters. The van der Waals surface area contributed by atoms with Gasteiger partial charge >= 0.3 is 12.1 Å². The topological polar surface area (TPSA) is 86.6 Å². The molecule has 0 bridgehead atoms. The molecule has 1 aromatic heterocycles. The average Bonchev–Trinajstić information content (AvgIpc) is 2.92. The minimum absolute atomic E-state index is 0.00402. The molecule has 210 valence electrons. The molecule has 7 nitrogen and oxygen atoms in total. The Hall–Kier alpha value is -3.17. The molecule has 4 aliphatic rings. The van der Waals surface area contributed by atoms with Crippen LogP contribution in [0.25, 0.3) is 0 Å². The van der Waals surface area contributed by atoms with Gasteiger partial charge < -0.3 is 14.9 Å². The Kier molecular flexibility index (Phi) is 7.57. The minimum atomic E-state index is -4.55. The number of fused-ring (bicyclic) bond motifs is 2. The number of likely N-dealkylation sites (tertiary alicyclic amines) is 1. The second-order valence-electron chi connectivity index (χ2n) is 11.2. The minimum Gasteiger partial charge on any atom is -0.481 e. The van der Waals surface area contributed by atoms with Gasteiger partial charge in [-0.3, -0.25) is 9.59 Å². The summed E-state index contributed by atoms with van der Waals surface area (Å²) >= 11 is 0. The molecule has 3 heterocycles. The molecule has 0 radical (unpaired) electrons. The molecule has 1 N–H and O–H groups in total. The molecule has 0 spiro atoms. The van der Waals surface area contributed by atoms with E-state index in [2.05, 4.69) is 40.2 Å². The Morgan fingerprint density at radius 3 is 2.59 bits per heavy atom. The number of amides is 1. The molecule has 0 aromatic carbocycles. The van der Waals surface area contributed by atoms with E-state index in [4.69, 9.17) is 0 Å². The third-order valence-electron chi connectivity index (χ3n) is 8.78. The largest absolute Gasteiger partial charge is 0.481 e. The number of hydrogen-bond donors (Lipinski definition) is 1. The Morgan fingerprint density at radius 2 is 1.92 bits per heavy atom. The normalized spacial score (nSPS) is 29.1. The van der Waals surface area contributed by atoms with Crippen LogP contribution in [0, 0.1) is 11.8 Å². The molecule has 39 heavy (non-hydrogen) atoms. The second-order valence-corrected chi connectivity index (χ2v) is 11.2. The first-order valence-electron chi connectivity index (χ1n) is 13.9. The Labute approximate surface area is 226 Å². The van der Waals surface area contributed by atoms with E-state index in [1.165, 1.54) is 11.6 Å². The summed E-state index contributed by atoms with van der Waals surface area (Å²) in [4.78, 5) is 29.0. The number of rotatable bonds is 5. The van der Waals surface area contributed by atoms with E-state index in [0.717, 1.165) is 43.1 Å². The zero-order chi connectivity index (χ0) is 27.9. The van der Waals surface area contributed by atoms with Gasteiger partial charge in [-0.05, 0) is 69.2 Å². The van der Waals surface area contributed by atoms with Crippen LogP contribution in [0.1, 0.15) is 76.6 Å². The van der Waals surface area contributed by atoms with Crippen LogP contribution < -0.4 is 0 Å². The van der Waals surface area contributed by atoms with Gasteiger partial charge in [0.15, 0.2) is 5.69 Å². The summed E-state index contributed by atoms with van der Waals surface area (Å²) in [6, 6.07) is 2.44. The van der Waals surface area contributed by atoms with Gasteiger partial charge in [0, 0.05) is 42.2 Å². The van der Waals surface area contributed by atoms with Gasteiger partial charge in [0.2, 0.25) is 5.91 Å². The standard InChI is InChI=1S/C29H35F3N4O3/c1-3-27(37)35-17(2)7-10-22-23-11-9-21(16-19-8-14-26(34-33-19)29(30,31)32)36(25(23)13-12-24(22)35)20-6-4-5-18(15-20)28(38)39/h8-9,12-14,17-18,20,22,24H,3-7,10-11,15-16H2,1-2H3,(H,38,39)/t17?,18?,20-,22?,24?/m1/s1. The van der Waals surface area contributed by atoms with E-state index < -0.39 is 23.8 Å². The second kappa shape index (κ2) is 10.8. The molecule has 4 unspecified atom stereocenters. The number of alkyl halides is 3. The van der Waals surface area contributed by atoms with Crippen molar-refractivity contribution in [1.82, 2.24) is 20.0 Å². The van der Waals surface area contributed by atoms with Crippen LogP contribution >= 0.6 is 0 Å². The van der Waals surface area contributed by atoms with E-state index in [1.54, 1.807) is 0 Å². The number of aromatic nitrogens is 2. The molecule has 1 saturated carbocycles. The van der Waals surface area contributed by atoms with Gasteiger partial charge in [0.25, 0.3) is 0 Å². The van der Waals surface area contributed by atoms with Crippen molar-refractivity contribution in [2.24, 2.45) is 11.8 Å². The third-order valence-corrected chi connectivity index (χ3v) is 8.78. The highest BCUT2D eigenvalue weighted by molar-refractivity contribution is 5.77. The summed E-state index contributed by atoms with van der Waals surface area (Å²) in [7, 11) is 0. The molecule has 1 amide bonds. The molecule has 2 fully saturated rings. The molecule has 10 heteroatoms. The van der Waals surface area contributed by atoms with Crippen molar-refractivity contribution in [3.8, 4) is 0 Å². The number of aliphatic carboxylic acids is 1. The lowest BCUT2D eigenvalue weighted by Gasteiger charge is -2.50. The molecule has 2 aliphatic heterocycles. The number of allylic oxidation sites excluding steroid dienone is 3. The zero-order valence-electron chi connectivity index (χ0n) is 22.3. The van der Waals surface area contributed by atoms with Crippen molar-refractivity contribution in [3.63, 3.8) is 0 Å². The van der Waals surface area contributed by atoms with Crippen LogP contribution in [0.5, 0.6) is 0 Å². The third kappa shape index (κ3) is 5.34. The van der Waals surface area contributed by atoms with E-state index in [-0.39, 0.29) is 30.0 Å². The van der Waals surface area contributed by atoms with Crippen molar-refractivity contribution >= 4 is 11.9 Å². The van der Waals surface area contributed by atoms with E-state index in [9.17, 15) is 27.9 Å². The van der Waals surface area contributed by atoms with Crippen LogP contribution in [0.15, 0.2) is 47.3 Å². The van der Waals surface area contributed by atoms with E-state index in [1.807, 2.05) is 11.8 Å². The maximum absolute atomic E-state index is 13.0. The van der Waals surface area contributed by atoms with Gasteiger partial charge in [0.05, 0.1) is 17.7 Å². The van der Waals surface area contributed by atoms with Crippen LogP contribution in [0.2, 0.25) is 0 Å². The number of nitrogens with zero attached hydrogens (tertiary/aromatic N) is 4. The lowest BCUT2D eigenvalue weighted by molar-refractivity contribution is -0.143.